The van der Waals surface area contributed by atoms with E-state index >= 15 is 0 Å². The summed E-state index contributed by atoms with van der Waals surface area (Å²) < 4.78 is 25.5. The maximum absolute atomic E-state index is 11.7. The standard InChI is InChI=1S/C13H17N3O2S/c14-7-10-3-4-16-12(6-10)8-15-13(16)11-2-1-5-19(17,18)9-11/h3-4,6,8,11H,1-2,5,7,9,14H2. The van der Waals surface area contributed by atoms with Crippen LogP contribution in [0.3, 0.4) is 0 Å². The predicted molar refractivity (Wildman–Crippen MR) is 73.7 cm³/mol. The van der Waals surface area contributed by atoms with E-state index in [1.54, 1.807) is 6.20 Å². The molecule has 0 amide bonds. The highest BCUT2D eigenvalue weighted by Crippen LogP contribution is 2.28. The Hall–Kier alpha value is -1.40. The van der Waals surface area contributed by atoms with Crippen molar-refractivity contribution in [3.63, 3.8) is 0 Å². The van der Waals surface area contributed by atoms with Gasteiger partial charge < -0.3 is 10.1 Å². The number of aromatic nitrogens is 2. The maximum Gasteiger partial charge on any atom is 0.151 e. The van der Waals surface area contributed by atoms with Crippen molar-refractivity contribution in [1.82, 2.24) is 9.38 Å². The summed E-state index contributed by atoms with van der Waals surface area (Å²) in [5, 5.41) is 0. The minimum absolute atomic E-state index is 0.00461. The molecule has 0 bridgehead atoms. The molecule has 0 saturated carbocycles. The fourth-order valence-electron chi connectivity index (χ4n) is 2.72. The lowest BCUT2D eigenvalue weighted by Crippen LogP contribution is -2.25. The Bertz CT molecular complexity index is 706. The summed E-state index contributed by atoms with van der Waals surface area (Å²) in [4.78, 5) is 4.42. The van der Waals surface area contributed by atoms with Crippen molar-refractivity contribution in [2.75, 3.05) is 11.5 Å². The van der Waals surface area contributed by atoms with Gasteiger partial charge in [-0.25, -0.2) is 13.4 Å². The first-order chi connectivity index (χ1) is 9.09. The van der Waals surface area contributed by atoms with Gasteiger partial charge in [0.25, 0.3) is 0 Å². The minimum atomic E-state index is -2.91. The molecule has 5 nitrogen and oxygen atoms in total. The van der Waals surface area contributed by atoms with Gasteiger partial charge in [-0.1, -0.05) is 0 Å². The van der Waals surface area contributed by atoms with Gasteiger partial charge in [-0.3, -0.25) is 0 Å². The molecule has 1 aliphatic heterocycles. The van der Waals surface area contributed by atoms with Crippen molar-refractivity contribution in [3.8, 4) is 0 Å². The number of hydrogen-bond acceptors (Lipinski definition) is 4. The van der Waals surface area contributed by atoms with Crippen LogP contribution in [0.4, 0.5) is 0 Å². The summed E-state index contributed by atoms with van der Waals surface area (Å²) in [5.74, 6) is 1.38. The molecule has 1 aliphatic rings. The Morgan fingerprint density at radius 1 is 1.47 bits per heavy atom. The van der Waals surface area contributed by atoms with Gasteiger partial charge in [-0.2, -0.15) is 0 Å². The Labute approximate surface area is 112 Å². The maximum atomic E-state index is 11.7. The second kappa shape index (κ2) is 4.61. The Morgan fingerprint density at radius 3 is 3.05 bits per heavy atom. The van der Waals surface area contributed by atoms with Gasteiger partial charge in [0.2, 0.25) is 0 Å². The number of rotatable bonds is 2. The van der Waals surface area contributed by atoms with Crippen molar-refractivity contribution in [3.05, 3.63) is 35.9 Å². The smallest absolute Gasteiger partial charge is 0.151 e. The van der Waals surface area contributed by atoms with Crippen LogP contribution in [0.1, 0.15) is 30.1 Å². The third-order valence-electron chi connectivity index (χ3n) is 3.69. The highest BCUT2D eigenvalue weighted by Gasteiger charge is 2.28. The number of nitrogens with two attached hydrogens (primary N) is 1. The highest BCUT2D eigenvalue weighted by molar-refractivity contribution is 7.91. The molecule has 1 fully saturated rings. The molecule has 2 N–H and O–H groups in total. The third kappa shape index (κ3) is 2.37. The third-order valence-corrected chi connectivity index (χ3v) is 5.51. The summed E-state index contributed by atoms with van der Waals surface area (Å²) in [6.07, 6.45) is 5.33. The van der Waals surface area contributed by atoms with Gasteiger partial charge in [0.1, 0.15) is 5.82 Å². The van der Waals surface area contributed by atoms with Gasteiger partial charge in [-0.05, 0) is 30.5 Å². The number of fused-ring (bicyclic) bond motifs is 1. The summed E-state index contributed by atoms with van der Waals surface area (Å²) >= 11 is 0. The van der Waals surface area contributed by atoms with Crippen LogP contribution >= 0.6 is 0 Å². The van der Waals surface area contributed by atoms with Crippen LogP contribution in [-0.4, -0.2) is 29.3 Å². The Kier molecular flexibility index (Phi) is 3.06. The zero-order valence-electron chi connectivity index (χ0n) is 10.6. The van der Waals surface area contributed by atoms with Gasteiger partial charge >= 0.3 is 0 Å². The molecule has 6 heteroatoms. The van der Waals surface area contributed by atoms with E-state index in [4.69, 9.17) is 5.73 Å². The van der Waals surface area contributed by atoms with Crippen molar-refractivity contribution in [2.24, 2.45) is 5.73 Å². The fraction of sp³-hybridized carbons (Fsp3) is 0.462. The molecule has 1 atom stereocenters. The number of imidazole rings is 1. The molecule has 0 radical (unpaired) electrons. The average Bonchev–Trinajstić information content (AvgIpc) is 2.80. The zero-order chi connectivity index (χ0) is 13.5. The van der Waals surface area contributed by atoms with Gasteiger partial charge in [0, 0.05) is 18.7 Å². The predicted octanol–water partition coefficient (Wildman–Crippen LogP) is 1.09. The Balaban J connectivity index is 2.01. The van der Waals surface area contributed by atoms with Gasteiger partial charge in [0.15, 0.2) is 9.84 Å². The van der Waals surface area contributed by atoms with Crippen LogP contribution in [0.5, 0.6) is 0 Å². The van der Waals surface area contributed by atoms with Gasteiger partial charge in [-0.15, -0.1) is 0 Å². The second-order valence-electron chi connectivity index (χ2n) is 5.10. The fourth-order valence-corrected chi connectivity index (χ4v) is 4.42. The number of sulfone groups is 1. The van der Waals surface area contributed by atoms with E-state index in [-0.39, 0.29) is 11.7 Å². The zero-order valence-corrected chi connectivity index (χ0v) is 11.4. The number of hydrogen-bond donors (Lipinski definition) is 1. The molecule has 19 heavy (non-hydrogen) atoms. The SMILES string of the molecule is NCc1ccn2c(C3CCCS(=O)(=O)C3)ncc2c1. The first-order valence-electron chi connectivity index (χ1n) is 6.45. The van der Waals surface area contributed by atoms with E-state index < -0.39 is 9.84 Å². The van der Waals surface area contributed by atoms with Crippen LogP contribution in [0.25, 0.3) is 5.52 Å². The molecule has 3 rings (SSSR count). The van der Waals surface area contributed by atoms with E-state index in [9.17, 15) is 8.42 Å². The highest BCUT2D eigenvalue weighted by atomic mass is 32.2. The van der Waals surface area contributed by atoms with E-state index in [1.165, 1.54) is 0 Å². The Morgan fingerprint density at radius 2 is 2.32 bits per heavy atom. The summed E-state index contributed by atoms with van der Waals surface area (Å²) in [5.41, 5.74) is 7.64. The lowest BCUT2D eigenvalue weighted by molar-refractivity contribution is 0.543. The summed E-state index contributed by atoms with van der Waals surface area (Å²) in [6, 6.07) is 3.95. The molecule has 1 unspecified atom stereocenters. The summed E-state index contributed by atoms with van der Waals surface area (Å²) in [6.45, 7) is 0.495. The number of pyridine rings is 1. The van der Waals surface area contributed by atoms with Crippen LogP contribution < -0.4 is 5.73 Å². The van der Waals surface area contributed by atoms with Crippen molar-refractivity contribution >= 4 is 15.4 Å². The largest absolute Gasteiger partial charge is 0.326 e. The average molecular weight is 279 g/mol. The van der Waals surface area contributed by atoms with Crippen LogP contribution in [0, 0.1) is 0 Å². The lowest BCUT2D eigenvalue weighted by Gasteiger charge is -2.20. The van der Waals surface area contributed by atoms with E-state index in [0.29, 0.717) is 12.3 Å². The molecule has 0 aromatic carbocycles. The molecule has 2 aromatic rings. The molecule has 2 aromatic heterocycles. The first kappa shape index (κ1) is 12.6. The number of nitrogens with zero attached hydrogens (tertiary/aromatic N) is 2. The molecule has 3 heterocycles. The van der Waals surface area contributed by atoms with E-state index in [0.717, 1.165) is 29.7 Å². The molecule has 0 spiro atoms. The summed E-state index contributed by atoms with van der Waals surface area (Å²) in [7, 11) is -2.91. The van der Waals surface area contributed by atoms with Crippen LogP contribution in [0.2, 0.25) is 0 Å². The van der Waals surface area contributed by atoms with Gasteiger partial charge in [0.05, 0.1) is 23.2 Å². The minimum Gasteiger partial charge on any atom is -0.326 e. The molecule has 102 valence electrons. The molecule has 1 saturated heterocycles. The normalized spacial score (nSPS) is 22.7. The molecule has 0 aliphatic carbocycles. The van der Waals surface area contributed by atoms with Crippen LogP contribution in [0.15, 0.2) is 24.5 Å². The first-order valence-corrected chi connectivity index (χ1v) is 8.27. The van der Waals surface area contributed by atoms with Crippen molar-refractivity contribution in [1.29, 1.82) is 0 Å². The molecular formula is C13H17N3O2S. The van der Waals surface area contributed by atoms with Crippen molar-refractivity contribution in [2.45, 2.75) is 25.3 Å². The van der Waals surface area contributed by atoms with E-state index in [1.807, 2.05) is 22.7 Å². The van der Waals surface area contributed by atoms with E-state index in [2.05, 4.69) is 4.98 Å². The van der Waals surface area contributed by atoms with Crippen molar-refractivity contribution < 1.29 is 8.42 Å². The molecular weight excluding hydrogens is 262 g/mol. The quantitative estimate of drug-likeness (QED) is 0.892. The van der Waals surface area contributed by atoms with Crippen LogP contribution in [-0.2, 0) is 16.4 Å². The monoisotopic (exact) mass is 279 g/mol. The topological polar surface area (TPSA) is 77.5 Å². The second-order valence-corrected chi connectivity index (χ2v) is 7.33. The lowest BCUT2D eigenvalue weighted by atomic mass is 10.0.